The third-order valence-corrected chi connectivity index (χ3v) is 4.87. The summed E-state index contributed by atoms with van der Waals surface area (Å²) in [6.07, 6.45) is 6.16. The van der Waals surface area contributed by atoms with Gasteiger partial charge in [0.2, 0.25) is 0 Å². The Hall–Kier alpha value is -2.11. The van der Waals surface area contributed by atoms with Gasteiger partial charge in [-0.1, -0.05) is 79.9 Å². The van der Waals surface area contributed by atoms with Gasteiger partial charge in [0.15, 0.2) is 0 Å². The van der Waals surface area contributed by atoms with E-state index in [0.717, 1.165) is 0 Å². The molecule has 3 rings (SSSR count). The van der Waals surface area contributed by atoms with Crippen LogP contribution in [-0.4, -0.2) is 6.04 Å². The lowest BCUT2D eigenvalue weighted by Crippen LogP contribution is -2.39. The molecule has 23 heavy (non-hydrogen) atoms. The number of hydrogen-bond acceptors (Lipinski definition) is 2. The molecule has 0 saturated heterocycles. The van der Waals surface area contributed by atoms with E-state index in [1.807, 2.05) is 12.1 Å². The Kier molecular flexibility index (Phi) is 5.45. The van der Waals surface area contributed by atoms with Crippen LogP contribution in [0.4, 0.5) is 0 Å². The highest BCUT2D eigenvalue weighted by Crippen LogP contribution is 2.29. The summed E-state index contributed by atoms with van der Waals surface area (Å²) in [5.41, 5.74) is 2.43. The van der Waals surface area contributed by atoms with E-state index in [1.54, 1.807) is 0 Å². The lowest BCUT2D eigenvalue weighted by molar-refractivity contribution is 0.295. The second-order valence-corrected chi connectivity index (χ2v) is 6.43. The fourth-order valence-electron chi connectivity index (χ4n) is 3.60. The third kappa shape index (κ3) is 4.00. The molecule has 0 aliphatic heterocycles. The zero-order chi connectivity index (χ0) is 15.9. The van der Waals surface area contributed by atoms with Gasteiger partial charge in [-0.05, 0) is 29.9 Å². The van der Waals surface area contributed by atoms with Gasteiger partial charge < -0.3 is 0 Å². The van der Waals surface area contributed by atoms with E-state index < -0.39 is 0 Å². The fraction of sp³-hybridized carbons (Fsp3) is 0.381. The number of rotatable bonds is 5. The van der Waals surface area contributed by atoms with Crippen molar-refractivity contribution in [1.82, 2.24) is 5.32 Å². The molecule has 2 heteroatoms. The van der Waals surface area contributed by atoms with Crippen LogP contribution in [0.3, 0.4) is 0 Å². The third-order valence-electron chi connectivity index (χ3n) is 4.87. The van der Waals surface area contributed by atoms with Crippen LogP contribution in [0.5, 0.6) is 0 Å². The van der Waals surface area contributed by atoms with Crippen LogP contribution in [0.25, 0.3) is 0 Å². The van der Waals surface area contributed by atoms with E-state index in [2.05, 4.69) is 59.9 Å². The molecule has 2 aromatic carbocycles. The average molecular weight is 304 g/mol. The zero-order valence-electron chi connectivity index (χ0n) is 13.5. The highest BCUT2D eigenvalue weighted by Gasteiger charge is 2.26. The molecule has 2 aromatic rings. The summed E-state index contributed by atoms with van der Waals surface area (Å²) in [5, 5.41) is 13.4. The quantitative estimate of drug-likeness (QED) is 0.858. The summed E-state index contributed by atoms with van der Waals surface area (Å²) in [7, 11) is 0. The van der Waals surface area contributed by atoms with Crippen molar-refractivity contribution in [3.05, 3.63) is 71.8 Å². The molecular weight excluding hydrogens is 280 g/mol. The van der Waals surface area contributed by atoms with E-state index in [9.17, 15) is 5.26 Å². The fourth-order valence-corrected chi connectivity index (χ4v) is 3.60. The number of nitrogens with zero attached hydrogens (tertiary/aromatic N) is 1. The Labute approximate surface area is 139 Å². The van der Waals surface area contributed by atoms with Crippen molar-refractivity contribution < 1.29 is 0 Å². The Morgan fingerprint density at radius 1 is 0.826 bits per heavy atom. The number of benzene rings is 2. The van der Waals surface area contributed by atoms with Crippen LogP contribution in [0.2, 0.25) is 0 Å². The maximum Gasteiger partial charge on any atom is 0.0988 e. The number of nitriles is 1. The Morgan fingerprint density at radius 2 is 1.35 bits per heavy atom. The van der Waals surface area contributed by atoms with Crippen molar-refractivity contribution in [1.29, 1.82) is 5.26 Å². The highest BCUT2D eigenvalue weighted by atomic mass is 15.0. The van der Waals surface area contributed by atoms with E-state index in [0.29, 0.717) is 5.92 Å². The first-order chi connectivity index (χ1) is 11.4. The maximum absolute atomic E-state index is 9.71. The van der Waals surface area contributed by atoms with Gasteiger partial charge in [-0.15, -0.1) is 0 Å². The summed E-state index contributed by atoms with van der Waals surface area (Å²) in [4.78, 5) is 0. The van der Waals surface area contributed by atoms with Gasteiger partial charge in [-0.2, -0.15) is 5.26 Å². The molecule has 1 unspecified atom stereocenters. The molecule has 0 bridgehead atoms. The first-order valence-corrected chi connectivity index (χ1v) is 8.64. The number of nitrogens with one attached hydrogen (secondary N) is 1. The molecule has 0 amide bonds. The van der Waals surface area contributed by atoms with Crippen LogP contribution in [0.1, 0.15) is 49.3 Å². The monoisotopic (exact) mass is 304 g/mol. The van der Waals surface area contributed by atoms with Crippen molar-refractivity contribution in [3.8, 4) is 6.07 Å². The molecule has 1 fully saturated rings. The minimum atomic E-state index is -0.0827. The molecule has 1 saturated carbocycles. The van der Waals surface area contributed by atoms with Gasteiger partial charge in [0.1, 0.15) is 0 Å². The van der Waals surface area contributed by atoms with Crippen molar-refractivity contribution in [2.45, 2.75) is 44.2 Å². The lowest BCUT2D eigenvalue weighted by Gasteiger charge is -2.30. The molecule has 1 atom stereocenters. The minimum absolute atomic E-state index is 0.0731. The second kappa shape index (κ2) is 7.94. The van der Waals surface area contributed by atoms with Crippen LogP contribution in [0.15, 0.2) is 60.7 Å². The summed E-state index contributed by atoms with van der Waals surface area (Å²) < 4.78 is 0. The number of hydrogen-bond donors (Lipinski definition) is 1. The van der Waals surface area contributed by atoms with Gasteiger partial charge in [-0.3, -0.25) is 5.32 Å². The molecule has 0 spiro atoms. The lowest BCUT2D eigenvalue weighted by atomic mass is 9.83. The smallest absolute Gasteiger partial charge is 0.0988 e. The first kappa shape index (κ1) is 15.8. The van der Waals surface area contributed by atoms with Gasteiger partial charge in [0.05, 0.1) is 18.2 Å². The van der Waals surface area contributed by atoms with E-state index in [-0.39, 0.29) is 12.1 Å². The van der Waals surface area contributed by atoms with Crippen molar-refractivity contribution in [2.24, 2.45) is 5.92 Å². The average Bonchev–Trinajstić information content (AvgIpc) is 2.65. The molecule has 0 aromatic heterocycles. The molecule has 1 aliphatic rings. The normalized spacial score (nSPS) is 16.9. The standard InChI is InChI=1S/C21H24N2/c22-16-20(17-10-4-1-5-11-17)23-21(18-12-6-2-7-13-18)19-14-8-3-9-15-19/h2-3,6-9,12-15,17,20-21,23H,1,4-5,10-11H2. The molecule has 0 radical (unpaired) electrons. The molecule has 118 valence electrons. The van der Waals surface area contributed by atoms with Gasteiger partial charge in [0, 0.05) is 0 Å². The van der Waals surface area contributed by atoms with Crippen molar-refractivity contribution in [2.75, 3.05) is 0 Å². The Morgan fingerprint density at radius 3 is 1.83 bits per heavy atom. The topological polar surface area (TPSA) is 35.8 Å². The molecule has 1 N–H and O–H groups in total. The summed E-state index contributed by atoms with van der Waals surface area (Å²) >= 11 is 0. The van der Waals surface area contributed by atoms with Gasteiger partial charge in [-0.25, -0.2) is 0 Å². The van der Waals surface area contributed by atoms with Crippen LogP contribution >= 0.6 is 0 Å². The molecule has 2 nitrogen and oxygen atoms in total. The largest absolute Gasteiger partial charge is 0.291 e. The van der Waals surface area contributed by atoms with Crippen LogP contribution in [0, 0.1) is 17.2 Å². The van der Waals surface area contributed by atoms with Crippen molar-refractivity contribution in [3.63, 3.8) is 0 Å². The highest BCUT2D eigenvalue weighted by molar-refractivity contribution is 5.32. The molecule has 0 heterocycles. The second-order valence-electron chi connectivity index (χ2n) is 6.43. The van der Waals surface area contributed by atoms with E-state index in [4.69, 9.17) is 0 Å². The Bertz CT molecular complexity index is 584. The molecule has 1 aliphatic carbocycles. The maximum atomic E-state index is 9.71. The van der Waals surface area contributed by atoms with Crippen LogP contribution < -0.4 is 5.32 Å². The first-order valence-electron chi connectivity index (χ1n) is 8.64. The predicted octanol–water partition coefficient (Wildman–Crippen LogP) is 4.84. The predicted molar refractivity (Wildman–Crippen MR) is 93.8 cm³/mol. The summed E-state index contributed by atoms with van der Waals surface area (Å²) in [5.74, 6) is 0.476. The van der Waals surface area contributed by atoms with Crippen LogP contribution in [-0.2, 0) is 0 Å². The van der Waals surface area contributed by atoms with Gasteiger partial charge >= 0.3 is 0 Å². The van der Waals surface area contributed by atoms with E-state index in [1.165, 1.54) is 43.2 Å². The summed E-state index contributed by atoms with van der Waals surface area (Å²) in [6, 6.07) is 23.4. The Balaban J connectivity index is 1.85. The zero-order valence-corrected chi connectivity index (χ0v) is 13.5. The van der Waals surface area contributed by atoms with Gasteiger partial charge in [0.25, 0.3) is 0 Å². The SMILES string of the molecule is N#CC(NC(c1ccccc1)c1ccccc1)C1CCCCC1. The molecular formula is C21H24N2. The minimum Gasteiger partial charge on any atom is -0.291 e. The van der Waals surface area contributed by atoms with Crippen molar-refractivity contribution >= 4 is 0 Å². The van der Waals surface area contributed by atoms with E-state index >= 15 is 0 Å². The summed E-state index contributed by atoms with van der Waals surface area (Å²) in [6.45, 7) is 0.